The van der Waals surface area contributed by atoms with E-state index in [1.54, 1.807) is 30.6 Å². The Hall–Kier alpha value is -2.45. The topological polar surface area (TPSA) is 58.1 Å². The van der Waals surface area contributed by atoms with Crippen LogP contribution in [-0.4, -0.2) is 46.3 Å². The average Bonchev–Trinajstić information content (AvgIpc) is 2.75. The van der Waals surface area contributed by atoms with Gasteiger partial charge >= 0.3 is 0 Å². The van der Waals surface area contributed by atoms with Crippen molar-refractivity contribution in [3.8, 4) is 0 Å². The summed E-state index contributed by atoms with van der Waals surface area (Å²) in [7, 11) is 0. The molecule has 1 aliphatic rings. The zero-order valence-electron chi connectivity index (χ0n) is 16.2. The number of rotatable bonds is 5. The molecular formula is C22H21BrF2N4O. The number of amides is 1. The molecule has 3 aromatic rings. The van der Waals surface area contributed by atoms with Crippen molar-refractivity contribution in [3.05, 3.63) is 70.6 Å². The van der Waals surface area contributed by atoms with Gasteiger partial charge in [0, 0.05) is 55.8 Å². The fourth-order valence-corrected chi connectivity index (χ4v) is 4.03. The lowest BCUT2D eigenvalue weighted by Gasteiger charge is -2.37. The van der Waals surface area contributed by atoms with Crippen LogP contribution in [0.2, 0.25) is 0 Å². The summed E-state index contributed by atoms with van der Waals surface area (Å²) in [5, 5.41) is 3.76. The van der Waals surface area contributed by atoms with Crippen molar-refractivity contribution in [2.75, 3.05) is 19.6 Å². The summed E-state index contributed by atoms with van der Waals surface area (Å²) in [4.78, 5) is 23.5. The highest BCUT2D eigenvalue weighted by Crippen LogP contribution is 2.32. The number of likely N-dealkylation sites (tertiary alicyclic amines) is 1. The van der Waals surface area contributed by atoms with Crippen LogP contribution >= 0.6 is 15.9 Å². The van der Waals surface area contributed by atoms with Crippen molar-refractivity contribution in [3.63, 3.8) is 0 Å². The molecule has 4 rings (SSSR count). The zero-order valence-corrected chi connectivity index (χ0v) is 17.8. The molecular weight excluding hydrogens is 454 g/mol. The highest BCUT2D eigenvalue weighted by atomic mass is 79.9. The lowest BCUT2D eigenvalue weighted by atomic mass is 10.0. The highest BCUT2D eigenvalue weighted by molar-refractivity contribution is 9.10. The van der Waals surface area contributed by atoms with Crippen molar-refractivity contribution in [2.24, 2.45) is 0 Å². The third-order valence-corrected chi connectivity index (χ3v) is 5.92. The monoisotopic (exact) mass is 474 g/mol. The molecule has 156 valence electrons. The van der Waals surface area contributed by atoms with Crippen LogP contribution < -0.4 is 5.32 Å². The lowest BCUT2D eigenvalue weighted by molar-refractivity contribution is -0.0632. The number of piperidine rings is 1. The van der Waals surface area contributed by atoms with E-state index in [0.717, 1.165) is 16.5 Å². The number of alkyl halides is 2. The number of nitrogens with one attached hydrogen (secondary N) is 1. The summed E-state index contributed by atoms with van der Waals surface area (Å²) in [6.07, 6.45) is 3.04. The predicted molar refractivity (Wildman–Crippen MR) is 115 cm³/mol. The first kappa shape index (κ1) is 20.8. The number of aromatic nitrogens is 2. The Labute approximate surface area is 181 Å². The molecule has 1 saturated heterocycles. The molecule has 0 bridgehead atoms. The van der Waals surface area contributed by atoms with Gasteiger partial charge < -0.3 is 5.32 Å². The van der Waals surface area contributed by atoms with Gasteiger partial charge in [-0.1, -0.05) is 18.2 Å². The van der Waals surface area contributed by atoms with E-state index in [-0.39, 0.29) is 37.9 Å². The number of nitrogens with zero attached hydrogens (tertiary/aromatic N) is 3. The number of carbonyl (C=O) groups excluding carboxylic acids is 1. The molecule has 8 heteroatoms. The van der Waals surface area contributed by atoms with Crippen LogP contribution in [0.4, 0.5) is 8.78 Å². The molecule has 1 fully saturated rings. The van der Waals surface area contributed by atoms with Crippen LogP contribution in [-0.2, 0) is 0 Å². The lowest BCUT2D eigenvalue weighted by Crippen LogP contribution is -2.45. The molecule has 1 aliphatic heterocycles. The van der Waals surface area contributed by atoms with Gasteiger partial charge in [0.1, 0.15) is 4.60 Å². The van der Waals surface area contributed by atoms with Gasteiger partial charge in [-0.25, -0.2) is 13.8 Å². The third kappa shape index (κ3) is 4.65. The second-order valence-corrected chi connectivity index (χ2v) is 8.22. The molecule has 1 atom stereocenters. The molecule has 1 N–H and O–H groups in total. The standard InChI is InChI=1S/C22H21BrF2N4O/c23-20-7-6-15(13-27-20)19(29-11-8-22(24,25)9-12-29)14-28-21(30)17-3-1-5-18-16(17)4-2-10-26-18/h1-7,10,13,19H,8-9,11-12,14H2,(H,28,30). The third-order valence-electron chi connectivity index (χ3n) is 5.45. The van der Waals surface area contributed by atoms with Crippen LogP contribution in [0, 0.1) is 0 Å². The number of fused-ring (bicyclic) bond motifs is 1. The van der Waals surface area contributed by atoms with Crippen molar-refractivity contribution in [2.45, 2.75) is 24.8 Å². The molecule has 0 saturated carbocycles. The number of benzene rings is 1. The smallest absolute Gasteiger partial charge is 0.252 e. The van der Waals surface area contributed by atoms with Crippen molar-refractivity contribution in [1.82, 2.24) is 20.2 Å². The van der Waals surface area contributed by atoms with Crippen molar-refractivity contribution < 1.29 is 13.6 Å². The molecule has 1 unspecified atom stereocenters. The van der Waals surface area contributed by atoms with Crippen LogP contribution in [0.15, 0.2) is 59.5 Å². The van der Waals surface area contributed by atoms with Crippen molar-refractivity contribution in [1.29, 1.82) is 0 Å². The van der Waals surface area contributed by atoms with Gasteiger partial charge in [-0.3, -0.25) is 14.7 Å². The van der Waals surface area contributed by atoms with Gasteiger partial charge in [0.05, 0.1) is 11.6 Å². The quantitative estimate of drug-likeness (QED) is 0.549. The normalized spacial score (nSPS) is 17.6. The Kier molecular flexibility index (Phi) is 6.06. The maximum absolute atomic E-state index is 13.7. The number of halogens is 3. The van der Waals surface area contributed by atoms with E-state index in [9.17, 15) is 13.6 Å². The maximum Gasteiger partial charge on any atom is 0.252 e. The van der Waals surface area contributed by atoms with Crippen LogP contribution in [0.3, 0.4) is 0 Å². The first-order chi connectivity index (χ1) is 14.4. The van der Waals surface area contributed by atoms with E-state index in [1.807, 2.05) is 29.2 Å². The second kappa shape index (κ2) is 8.73. The summed E-state index contributed by atoms with van der Waals surface area (Å²) < 4.78 is 28.0. The predicted octanol–water partition coefficient (Wildman–Crippen LogP) is 4.59. The number of hydrogen-bond donors (Lipinski definition) is 1. The number of hydrogen-bond acceptors (Lipinski definition) is 4. The maximum atomic E-state index is 13.7. The Balaban J connectivity index is 1.54. The van der Waals surface area contributed by atoms with E-state index in [0.29, 0.717) is 16.7 Å². The Morgan fingerprint density at radius 3 is 2.67 bits per heavy atom. The van der Waals surface area contributed by atoms with Gasteiger partial charge in [-0.05, 0) is 45.8 Å². The first-order valence-electron chi connectivity index (χ1n) is 9.78. The Bertz CT molecular complexity index is 1030. The zero-order chi connectivity index (χ0) is 21.1. The molecule has 5 nitrogen and oxygen atoms in total. The molecule has 0 aliphatic carbocycles. The van der Waals surface area contributed by atoms with Gasteiger partial charge in [-0.15, -0.1) is 0 Å². The van der Waals surface area contributed by atoms with Crippen LogP contribution in [0.25, 0.3) is 10.9 Å². The van der Waals surface area contributed by atoms with Crippen LogP contribution in [0.5, 0.6) is 0 Å². The van der Waals surface area contributed by atoms with E-state index in [4.69, 9.17) is 0 Å². The largest absolute Gasteiger partial charge is 0.350 e. The number of pyridine rings is 2. The Morgan fingerprint density at radius 1 is 1.13 bits per heavy atom. The summed E-state index contributed by atoms with van der Waals surface area (Å²) in [5.41, 5.74) is 2.17. The summed E-state index contributed by atoms with van der Waals surface area (Å²) in [5.74, 6) is -2.84. The van der Waals surface area contributed by atoms with E-state index in [1.165, 1.54) is 0 Å². The Morgan fingerprint density at radius 2 is 1.93 bits per heavy atom. The van der Waals surface area contributed by atoms with Gasteiger partial charge in [0.2, 0.25) is 0 Å². The fourth-order valence-electron chi connectivity index (χ4n) is 3.79. The summed E-state index contributed by atoms with van der Waals surface area (Å²) in [6, 6.07) is 12.6. The van der Waals surface area contributed by atoms with E-state index < -0.39 is 5.92 Å². The van der Waals surface area contributed by atoms with E-state index >= 15 is 0 Å². The minimum absolute atomic E-state index is 0.184. The summed E-state index contributed by atoms with van der Waals surface area (Å²) in [6.45, 7) is 0.827. The highest BCUT2D eigenvalue weighted by Gasteiger charge is 2.36. The van der Waals surface area contributed by atoms with E-state index in [2.05, 4.69) is 31.2 Å². The first-order valence-corrected chi connectivity index (χ1v) is 10.6. The molecule has 3 heterocycles. The molecule has 0 radical (unpaired) electrons. The van der Waals surface area contributed by atoms with Crippen molar-refractivity contribution >= 4 is 32.7 Å². The SMILES string of the molecule is O=C(NCC(c1ccc(Br)nc1)N1CCC(F)(F)CC1)c1cccc2ncccc12. The average molecular weight is 475 g/mol. The molecule has 1 amide bonds. The minimum Gasteiger partial charge on any atom is -0.350 e. The summed E-state index contributed by atoms with van der Waals surface area (Å²) >= 11 is 3.32. The molecule has 1 aromatic carbocycles. The fraction of sp³-hybridized carbons (Fsp3) is 0.318. The molecule has 2 aromatic heterocycles. The van der Waals surface area contributed by atoms with Gasteiger partial charge in [0.15, 0.2) is 0 Å². The molecule has 30 heavy (non-hydrogen) atoms. The second-order valence-electron chi connectivity index (χ2n) is 7.41. The van der Waals surface area contributed by atoms with Gasteiger partial charge in [-0.2, -0.15) is 0 Å². The van der Waals surface area contributed by atoms with Crippen LogP contribution in [0.1, 0.15) is 34.8 Å². The molecule has 0 spiro atoms. The number of carbonyl (C=O) groups is 1. The minimum atomic E-state index is -2.63. The van der Waals surface area contributed by atoms with Gasteiger partial charge in [0.25, 0.3) is 11.8 Å².